The molecule has 0 radical (unpaired) electrons. The van der Waals surface area contributed by atoms with E-state index in [4.69, 9.17) is 14.1 Å². The van der Waals surface area contributed by atoms with Crippen molar-refractivity contribution in [2.24, 2.45) is 0 Å². The van der Waals surface area contributed by atoms with E-state index >= 15 is 0 Å². The van der Waals surface area contributed by atoms with Crippen LogP contribution in [0.15, 0.2) is 42.6 Å². The van der Waals surface area contributed by atoms with Crippen LogP contribution in [0.1, 0.15) is 83.4 Å². The second kappa shape index (κ2) is 11.2. The maximum atomic E-state index is 13.0. The summed E-state index contributed by atoms with van der Waals surface area (Å²) in [6.07, 6.45) is 3.48. The molecule has 4 atom stereocenters. The second-order valence-corrected chi connectivity index (χ2v) is 18.0. The van der Waals surface area contributed by atoms with E-state index in [0.717, 1.165) is 40.2 Å². The third kappa shape index (κ3) is 5.28. The Morgan fingerprint density at radius 2 is 1.65 bits per heavy atom. The van der Waals surface area contributed by atoms with Crippen LogP contribution in [-0.4, -0.2) is 55.0 Å². The Morgan fingerprint density at radius 3 is 2.30 bits per heavy atom. The molecule has 0 spiro atoms. The number of rotatable bonds is 9. The first-order valence-electron chi connectivity index (χ1n) is 14.8. The van der Waals surface area contributed by atoms with Crippen LogP contribution in [0.5, 0.6) is 0 Å². The van der Waals surface area contributed by atoms with E-state index in [1.807, 2.05) is 19.2 Å². The number of aryl methyl sites for hydroxylation is 1. The number of carbonyl (C=O) groups is 1. The fraction of sp³-hybridized carbons (Fsp3) is 0.562. The summed E-state index contributed by atoms with van der Waals surface area (Å²) >= 11 is 0. The molecular formula is C32H44N4O3Si. The number of pyridine rings is 1. The van der Waals surface area contributed by atoms with E-state index in [1.165, 1.54) is 7.11 Å². The van der Waals surface area contributed by atoms with Gasteiger partial charge in [-0.2, -0.15) is 0 Å². The van der Waals surface area contributed by atoms with Gasteiger partial charge < -0.3 is 14.1 Å². The van der Waals surface area contributed by atoms with Gasteiger partial charge in [0.1, 0.15) is 11.9 Å². The highest BCUT2D eigenvalue weighted by atomic mass is 28.4. The predicted octanol–water partition coefficient (Wildman–Crippen LogP) is 6.92. The minimum atomic E-state index is -2.09. The zero-order chi connectivity index (χ0) is 28.8. The molecule has 0 N–H and O–H groups in total. The minimum absolute atomic E-state index is 0.0143. The highest BCUT2D eigenvalue weighted by molar-refractivity contribution is 6.77. The van der Waals surface area contributed by atoms with E-state index in [2.05, 4.69) is 86.7 Å². The molecule has 1 saturated carbocycles. The van der Waals surface area contributed by atoms with E-state index in [0.29, 0.717) is 41.4 Å². The Labute approximate surface area is 239 Å². The number of fused-ring (bicyclic) bond motifs is 1. The first-order valence-corrected chi connectivity index (χ1v) is 16.9. The number of esters is 1. The number of anilines is 1. The Hall–Kier alpha value is -2.84. The topological polar surface area (TPSA) is 77.4 Å². The van der Waals surface area contributed by atoms with Crippen molar-refractivity contribution in [3.8, 4) is 0 Å². The number of benzene rings is 1. The van der Waals surface area contributed by atoms with Crippen molar-refractivity contribution < 1.29 is 14.0 Å². The number of carbonyl (C=O) groups excluding carboxylic acids is 1. The molecule has 1 aliphatic heterocycles. The normalized spacial score (nSPS) is 23.0. The van der Waals surface area contributed by atoms with Gasteiger partial charge in [0.15, 0.2) is 0 Å². The fourth-order valence-electron chi connectivity index (χ4n) is 7.19. The van der Waals surface area contributed by atoms with Gasteiger partial charge in [0.05, 0.1) is 18.7 Å². The first kappa shape index (κ1) is 28.7. The van der Waals surface area contributed by atoms with Crippen LogP contribution in [0.3, 0.4) is 0 Å². The van der Waals surface area contributed by atoms with Gasteiger partial charge in [0.25, 0.3) is 0 Å². The second-order valence-electron chi connectivity index (χ2n) is 12.6. The van der Waals surface area contributed by atoms with Crippen LogP contribution in [0, 0.1) is 6.92 Å². The third-order valence-corrected chi connectivity index (χ3v) is 15.3. The molecule has 2 fully saturated rings. The largest absolute Gasteiger partial charge is 0.467 e. The molecule has 2 aromatic heterocycles. The Balaban J connectivity index is 1.42. The summed E-state index contributed by atoms with van der Waals surface area (Å²) in [4.78, 5) is 29.4. The zero-order valence-corrected chi connectivity index (χ0v) is 26.2. The van der Waals surface area contributed by atoms with Crippen molar-refractivity contribution in [2.75, 3.05) is 18.6 Å². The standard InChI is InChI=1S/C32H44N4O3Si/c1-19(2)40(20(3)4,21(5)6)39-25-16-30(32(37)38-8)36(18-25)24-11-9-23-10-12-28(35-29(23)15-24)26-17-27(26)31-33-14-13-22(7)34-31/h9-15,19-21,25-27,30H,16-18H2,1-8H3/t25-,26-,27-,30+/m0/s1. The molecule has 214 valence electrons. The van der Waals surface area contributed by atoms with E-state index in [1.54, 1.807) is 0 Å². The number of methoxy groups -OCH3 is 1. The molecule has 8 heteroatoms. The molecular weight excluding hydrogens is 516 g/mol. The maximum absolute atomic E-state index is 13.0. The highest BCUT2D eigenvalue weighted by Gasteiger charge is 2.49. The van der Waals surface area contributed by atoms with Crippen LogP contribution in [0.4, 0.5) is 5.69 Å². The summed E-state index contributed by atoms with van der Waals surface area (Å²) in [5, 5.41) is 1.09. The molecule has 1 aromatic carbocycles. The molecule has 3 heterocycles. The van der Waals surface area contributed by atoms with Crippen LogP contribution in [-0.2, 0) is 14.0 Å². The van der Waals surface area contributed by atoms with E-state index in [9.17, 15) is 4.79 Å². The molecule has 0 bridgehead atoms. The van der Waals surface area contributed by atoms with Gasteiger partial charge in [0, 0.05) is 53.5 Å². The van der Waals surface area contributed by atoms with Gasteiger partial charge >= 0.3 is 5.97 Å². The van der Waals surface area contributed by atoms with Crippen LogP contribution < -0.4 is 4.90 Å². The minimum Gasteiger partial charge on any atom is -0.467 e. The summed E-state index contributed by atoms with van der Waals surface area (Å²) in [6, 6.07) is 12.2. The smallest absolute Gasteiger partial charge is 0.328 e. The van der Waals surface area contributed by atoms with Crippen LogP contribution in [0.2, 0.25) is 16.6 Å². The van der Waals surface area contributed by atoms with Crippen molar-refractivity contribution >= 4 is 30.9 Å². The monoisotopic (exact) mass is 560 g/mol. The lowest BCUT2D eigenvalue weighted by atomic mass is 10.1. The molecule has 2 aliphatic rings. The SMILES string of the molecule is COC(=O)[C@H]1C[C@H](O[Si](C(C)C)(C(C)C)C(C)C)CN1c1ccc2ccc([C@H]3C[C@@H]3c3nccc(C)n3)nc2c1. The number of nitrogens with zero attached hydrogens (tertiary/aromatic N) is 4. The number of hydrogen-bond acceptors (Lipinski definition) is 7. The third-order valence-electron chi connectivity index (χ3n) is 9.16. The van der Waals surface area contributed by atoms with Gasteiger partial charge in [-0.1, -0.05) is 53.7 Å². The average Bonchev–Trinajstić information content (AvgIpc) is 3.62. The van der Waals surface area contributed by atoms with Crippen LogP contribution in [0.25, 0.3) is 10.9 Å². The summed E-state index contributed by atoms with van der Waals surface area (Å²) < 4.78 is 12.4. The summed E-state index contributed by atoms with van der Waals surface area (Å²) in [6.45, 7) is 16.5. The van der Waals surface area contributed by atoms with Crippen LogP contribution >= 0.6 is 0 Å². The highest BCUT2D eigenvalue weighted by Crippen LogP contribution is 2.53. The molecule has 40 heavy (non-hydrogen) atoms. The van der Waals surface area contributed by atoms with Gasteiger partial charge in [-0.15, -0.1) is 0 Å². The molecule has 0 amide bonds. The molecule has 1 aliphatic carbocycles. The summed E-state index contributed by atoms with van der Waals surface area (Å²) in [7, 11) is -0.620. The maximum Gasteiger partial charge on any atom is 0.328 e. The molecule has 0 unspecified atom stereocenters. The van der Waals surface area contributed by atoms with Crippen molar-refractivity contribution in [2.45, 2.75) is 102 Å². The molecule has 1 saturated heterocycles. The molecule has 5 rings (SSSR count). The fourth-order valence-corrected chi connectivity index (χ4v) is 12.7. The van der Waals surface area contributed by atoms with Gasteiger partial charge in [-0.3, -0.25) is 4.98 Å². The summed E-state index contributed by atoms with van der Waals surface area (Å²) in [5.41, 5.74) is 5.45. The lowest BCUT2D eigenvalue weighted by molar-refractivity contribution is -0.142. The molecule has 3 aromatic rings. The lowest BCUT2D eigenvalue weighted by Crippen LogP contribution is -2.50. The van der Waals surface area contributed by atoms with E-state index in [-0.39, 0.29) is 18.1 Å². The first-order chi connectivity index (χ1) is 19.0. The zero-order valence-electron chi connectivity index (χ0n) is 25.2. The van der Waals surface area contributed by atoms with Crippen molar-refractivity contribution in [3.05, 3.63) is 59.8 Å². The molecule has 7 nitrogen and oxygen atoms in total. The summed E-state index contributed by atoms with van der Waals surface area (Å²) in [5.74, 6) is 1.36. The lowest BCUT2D eigenvalue weighted by Gasteiger charge is -2.44. The van der Waals surface area contributed by atoms with Crippen molar-refractivity contribution in [1.29, 1.82) is 0 Å². The predicted molar refractivity (Wildman–Crippen MR) is 162 cm³/mol. The van der Waals surface area contributed by atoms with Gasteiger partial charge in [-0.05, 0) is 54.2 Å². The van der Waals surface area contributed by atoms with Crippen molar-refractivity contribution in [3.63, 3.8) is 0 Å². The van der Waals surface area contributed by atoms with Gasteiger partial charge in [-0.25, -0.2) is 14.8 Å². The Morgan fingerprint density at radius 1 is 0.950 bits per heavy atom. The van der Waals surface area contributed by atoms with Crippen molar-refractivity contribution in [1.82, 2.24) is 15.0 Å². The number of ether oxygens (including phenoxy) is 1. The number of aromatic nitrogens is 3. The Bertz CT molecular complexity index is 1360. The number of hydrogen-bond donors (Lipinski definition) is 0. The Kier molecular flexibility index (Phi) is 8.03. The van der Waals surface area contributed by atoms with Gasteiger partial charge in [0.2, 0.25) is 8.32 Å². The quantitative estimate of drug-likeness (QED) is 0.208. The average molecular weight is 561 g/mol. The van der Waals surface area contributed by atoms with E-state index < -0.39 is 8.32 Å².